The first-order chi connectivity index (χ1) is 9.94. The van der Waals surface area contributed by atoms with Crippen LogP contribution in [0.15, 0.2) is 53.4 Å². The van der Waals surface area contributed by atoms with Crippen molar-refractivity contribution in [2.45, 2.75) is 17.9 Å². The Labute approximate surface area is 123 Å². The van der Waals surface area contributed by atoms with E-state index in [2.05, 4.69) is 4.72 Å². The van der Waals surface area contributed by atoms with Gasteiger partial charge in [-0.1, -0.05) is 24.3 Å². The molecule has 0 heterocycles. The van der Waals surface area contributed by atoms with Gasteiger partial charge in [-0.25, -0.2) is 8.42 Å². The van der Waals surface area contributed by atoms with Gasteiger partial charge in [0, 0.05) is 0 Å². The van der Waals surface area contributed by atoms with Gasteiger partial charge in [0.05, 0.1) is 22.3 Å². The molecule has 1 atom stereocenters. The topological polar surface area (TPSA) is 90.2 Å². The van der Waals surface area contributed by atoms with E-state index in [1.807, 2.05) is 6.07 Å². The Morgan fingerprint density at radius 3 is 2.57 bits per heavy atom. The monoisotopic (exact) mass is 302 g/mol. The van der Waals surface area contributed by atoms with Crippen molar-refractivity contribution in [2.75, 3.05) is 4.72 Å². The minimum atomic E-state index is -3.81. The number of nitrogens with zero attached hydrogens (tertiary/aromatic N) is 1. The first-order valence-corrected chi connectivity index (χ1v) is 7.72. The van der Waals surface area contributed by atoms with Crippen LogP contribution in [0.2, 0.25) is 0 Å². The largest absolute Gasteiger partial charge is 0.389 e. The number of anilines is 1. The first-order valence-electron chi connectivity index (χ1n) is 6.24. The van der Waals surface area contributed by atoms with Gasteiger partial charge in [-0.05, 0) is 36.8 Å². The molecule has 21 heavy (non-hydrogen) atoms. The molecule has 0 radical (unpaired) electrons. The van der Waals surface area contributed by atoms with E-state index >= 15 is 0 Å². The van der Waals surface area contributed by atoms with Gasteiger partial charge >= 0.3 is 0 Å². The molecule has 0 saturated carbocycles. The van der Waals surface area contributed by atoms with Crippen LogP contribution < -0.4 is 4.72 Å². The van der Waals surface area contributed by atoms with Crippen molar-refractivity contribution in [1.29, 1.82) is 5.26 Å². The van der Waals surface area contributed by atoms with E-state index in [0.717, 1.165) is 0 Å². The van der Waals surface area contributed by atoms with Crippen molar-refractivity contribution in [2.24, 2.45) is 0 Å². The van der Waals surface area contributed by atoms with E-state index in [4.69, 9.17) is 5.26 Å². The number of aliphatic hydroxyl groups is 1. The Kier molecular flexibility index (Phi) is 4.26. The molecule has 0 fully saturated rings. The Morgan fingerprint density at radius 2 is 1.90 bits per heavy atom. The molecule has 2 aromatic carbocycles. The summed E-state index contributed by atoms with van der Waals surface area (Å²) >= 11 is 0. The van der Waals surface area contributed by atoms with Gasteiger partial charge in [0.15, 0.2) is 0 Å². The number of para-hydroxylation sites is 1. The SMILES string of the molecule is CC(O)c1cccc(S(=O)(=O)Nc2ccccc2C#N)c1. The van der Waals surface area contributed by atoms with Crippen LogP contribution in [-0.2, 0) is 10.0 Å². The fraction of sp³-hybridized carbons (Fsp3) is 0.133. The van der Waals surface area contributed by atoms with E-state index in [1.165, 1.54) is 24.3 Å². The molecule has 0 spiro atoms. The molecule has 2 rings (SSSR count). The predicted octanol–water partition coefficient (Wildman–Crippen LogP) is 2.41. The van der Waals surface area contributed by atoms with Crippen LogP contribution in [0.25, 0.3) is 0 Å². The summed E-state index contributed by atoms with van der Waals surface area (Å²) in [5.41, 5.74) is 0.974. The maximum atomic E-state index is 12.3. The molecule has 2 aromatic rings. The minimum absolute atomic E-state index is 0.0358. The fourth-order valence-electron chi connectivity index (χ4n) is 1.81. The van der Waals surface area contributed by atoms with Gasteiger partial charge in [-0.3, -0.25) is 4.72 Å². The average Bonchev–Trinajstić information content (AvgIpc) is 2.47. The molecule has 0 saturated heterocycles. The second kappa shape index (κ2) is 5.95. The van der Waals surface area contributed by atoms with Crippen LogP contribution in [0, 0.1) is 11.3 Å². The number of sulfonamides is 1. The van der Waals surface area contributed by atoms with E-state index in [-0.39, 0.29) is 16.1 Å². The van der Waals surface area contributed by atoms with Crippen molar-refractivity contribution < 1.29 is 13.5 Å². The van der Waals surface area contributed by atoms with Crippen molar-refractivity contribution in [3.8, 4) is 6.07 Å². The lowest BCUT2D eigenvalue weighted by Crippen LogP contribution is -2.14. The summed E-state index contributed by atoms with van der Waals surface area (Å²) in [6, 6.07) is 14.3. The molecule has 0 bridgehead atoms. The van der Waals surface area contributed by atoms with Gasteiger partial charge in [-0.15, -0.1) is 0 Å². The van der Waals surface area contributed by atoms with Gasteiger partial charge < -0.3 is 5.11 Å². The van der Waals surface area contributed by atoms with Gasteiger partial charge in [-0.2, -0.15) is 5.26 Å². The molecule has 2 N–H and O–H groups in total. The predicted molar refractivity (Wildman–Crippen MR) is 79.0 cm³/mol. The minimum Gasteiger partial charge on any atom is -0.389 e. The zero-order valence-electron chi connectivity index (χ0n) is 11.3. The molecule has 6 heteroatoms. The highest BCUT2D eigenvalue weighted by molar-refractivity contribution is 7.92. The zero-order chi connectivity index (χ0) is 15.5. The van der Waals surface area contributed by atoms with Crippen molar-refractivity contribution >= 4 is 15.7 Å². The third kappa shape index (κ3) is 3.40. The highest BCUT2D eigenvalue weighted by Gasteiger charge is 2.17. The molecule has 1 unspecified atom stereocenters. The standard InChI is InChI=1S/C15H14N2O3S/c1-11(18)12-6-4-7-14(9-12)21(19,20)17-15-8-3-2-5-13(15)10-16/h2-9,11,17-18H,1H3. The molecule has 0 aliphatic carbocycles. The summed E-state index contributed by atoms with van der Waals surface area (Å²) in [6.07, 6.45) is -0.758. The van der Waals surface area contributed by atoms with E-state index in [1.54, 1.807) is 31.2 Å². The fourth-order valence-corrected chi connectivity index (χ4v) is 2.95. The molecule has 0 aliphatic heterocycles. The molecule has 0 aromatic heterocycles. The third-order valence-electron chi connectivity index (χ3n) is 2.94. The van der Waals surface area contributed by atoms with Crippen LogP contribution in [0.5, 0.6) is 0 Å². The Hall–Kier alpha value is -2.36. The molecule has 0 aliphatic rings. The van der Waals surface area contributed by atoms with Crippen molar-refractivity contribution in [1.82, 2.24) is 0 Å². The van der Waals surface area contributed by atoms with Crippen LogP contribution in [-0.4, -0.2) is 13.5 Å². The van der Waals surface area contributed by atoms with Crippen LogP contribution >= 0.6 is 0 Å². The number of hydrogen-bond acceptors (Lipinski definition) is 4. The second-order valence-corrected chi connectivity index (χ2v) is 6.19. The summed E-state index contributed by atoms with van der Waals surface area (Å²) in [4.78, 5) is 0.0358. The number of rotatable bonds is 4. The summed E-state index contributed by atoms with van der Waals surface area (Å²) < 4.78 is 27.1. The number of nitriles is 1. The first kappa shape index (κ1) is 15.0. The Morgan fingerprint density at radius 1 is 1.19 bits per heavy atom. The lowest BCUT2D eigenvalue weighted by atomic mass is 10.1. The normalized spacial score (nSPS) is 12.4. The van der Waals surface area contributed by atoms with Gasteiger partial charge in [0.2, 0.25) is 0 Å². The van der Waals surface area contributed by atoms with Gasteiger partial charge in [0.1, 0.15) is 6.07 Å². The molecule has 0 amide bonds. The highest BCUT2D eigenvalue weighted by atomic mass is 32.2. The summed E-state index contributed by atoms with van der Waals surface area (Å²) in [7, 11) is -3.81. The van der Waals surface area contributed by atoms with E-state index in [9.17, 15) is 13.5 Å². The Bertz CT molecular complexity index is 793. The number of benzene rings is 2. The summed E-state index contributed by atoms with van der Waals surface area (Å²) in [5.74, 6) is 0. The van der Waals surface area contributed by atoms with E-state index < -0.39 is 16.1 Å². The third-order valence-corrected chi connectivity index (χ3v) is 4.31. The highest BCUT2D eigenvalue weighted by Crippen LogP contribution is 2.21. The smallest absolute Gasteiger partial charge is 0.261 e. The number of aliphatic hydroxyl groups excluding tert-OH is 1. The van der Waals surface area contributed by atoms with Crippen LogP contribution in [0.4, 0.5) is 5.69 Å². The van der Waals surface area contributed by atoms with Crippen molar-refractivity contribution in [3.05, 3.63) is 59.7 Å². The van der Waals surface area contributed by atoms with Crippen LogP contribution in [0.3, 0.4) is 0 Å². The van der Waals surface area contributed by atoms with E-state index in [0.29, 0.717) is 5.56 Å². The number of hydrogen-bond donors (Lipinski definition) is 2. The lowest BCUT2D eigenvalue weighted by Gasteiger charge is -2.11. The molecular weight excluding hydrogens is 288 g/mol. The van der Waals surface area contributed by atoms with Crippen LogP contribution in [0.1, 0.15) is 24.2 Å². The zero-order valence-corrected chi connectivity index (χ0v) is 12.1. The molecular formula is C15H14N2O3S. The van der Waals surface area contributed by atoms with Gasteiger partial charge in [0.25, 0.3) is 10.0 Å². The molecule has 5 nitrogen and oxygen atoms in total. The Balaban J connectivity index is 2.39. The maximum absolute atomic E-state index is 12.3. The average molecular weight is 302 g/mol. The lowest BCUT2D eigenvalue weighted by molar-refractivity contribution is 0.199. The second-order valence-electron chi connectivity index (χ2n) is 4.51. The number of nitrogens with one attached hydrogen (secondary N) is 1. The summed E-state index contributed by atoms with van der Waals surface area (Å²) in [5, 5.41) is 18.5. The quantitative estimate of drug-likeness (QED) is 0.907. The maximum Gasteiger partial charge on any atom is 0.261 e. The molecule has 108 valence electrons. The van der Waals surface area contributed by atoms with Crippen molar-refractivity contribution in [3.63, 3.8) is 0 Å². The summed E-state index contributed by atoms with van der Waals surface area (Å²) in [6.45, 7) is 1.56.